The zero-order valence-electron chi connectivity index (χ0n) is 11.4. The minimum Gasteiger partial charge on any atom is -0.469 e. The van der Waals surface area contributed by atoms with E-state index < -0.39 is 10.8 Å². The number of carbonyl (C=O) groups is 1. The van der Waals surface area contributed by atoms with Crippen molar-refractivity contribution in [3.63, 3.8) is 0 Å². The summed E-state index contributed by atoms with van der Waals surface area (Å²) in [5, 5.41) is 3.17. The summed E-state index contributed by atoms with van der Waals surface area (Å²) in [4.78, 5) is 11.8. The molecule has 1 aromatic rings. The molecule has 0 spiro atoms. The Balaban J connectivity index is 2.52. The second kappa shape index (κ2) is 8.82. The maximum absolute atomic E-state index is 11.8. The van der Waals surface area contributed by atoms with E-state index in [0.717, 1.165) is 5.56 Å². The minimum atomic E-state index is -0.777. The van der Waals surface area contributed by atoms with Crippen LogP contribution in [0.4, 0.5) is 0 Å². The molecule has 0 heterocycles. The molecule has 1 aromatic carbocycles. The summed E-state index contributed by atoms with van der Waals surface area (Å²) in [7, 11) is 0.616. The fourth-order valence-corrected chi connectivity index (χ4v) is 2.40. The Morgan fingerprint density at radius 3 is 2.63 bits per heavy atom. The molecule has 106 valence electrons. The Morgan fingerprint density at radius 2 is 2.05 bits per heavy atom. The summed E-state index contributed by atoms with van der Waals surface area (Å²) < 4.78 is 16.1. The van der Waals surface area contributed by atoms with Crippen molar-refractivity contribution >= 4 is 16.8 Å². The average Bonchev–Trinajstić information content (AvgIpc) is 2.47. The summed E-state index contributed by atoms with van der Waals surface area (Å²) in [5.41, 5.74) is 0.929. The van der Waals surface area contributed by atoms with Gasteiger partial charge in [-0.15, -0.1) is 0 Å². The van der Waals surface area contributed by atoms with Crippen LogP contribution in [0.2, 0.25) is 0 Å². The molecule has 0 saturated carbocycles. The van der Waals surface area contributed by atoms with E-state index in [2.05, 4.69) is 5.32 Å². The molecule has 0 fully saturated rings. The van der Waals surface area contributed by atoms with E-state index in [9.17, 15) is 9.00 Å². The Kier molecular flexibility index (Phi) is 7.36. The number of hydrogen-bond donors (Lipinski definition) is 1. The highest BCUT2D eigenvalue weighted by Crippen LogP contribution is 2.15. The molecule has 5 heteroatoms. The molecule has 2 unspecified atom stereocenters. The van der Waals surface area contributed by atoms with Crippen LogP contribution in [0.1, 0.15) is 18.4 Å². The van der Waals surface area contributed by atoms with Crippen LogP contribution in [0.15, 0.2) is 30.3 Å². The first-order valence-electron chi connectivity index (χ1n) is 6.37. The van der Waals surface area contributed by atoms with Crippen LogP contribution in [0, 0.1) is 0 Å². The van der Waals surface area contributed by atoms with Crippen molar-refractivity contribution in [2.24, 2.45) is 0 Å². The molecule has 0 aromatic heterocycles. The smallest absolute Gasteiger partial charge is 0.314 e. The van der Waals surface area contributed by atoms with Crippen LogP contribution in [-0.4, -0.2) is 41.9 Å². The fourth-order valence-electron chi connectivity index (χ4n) is 1.74. The molecule has 1 rings (SSSR count). The Labute approximate surface area is 117 Å². The summed E-state index contributed by atoms with van der Waals surface area (Å²) >= 11 is 0. The predicted molar refractivity (Wildman–Crippen MR) is 77.6 cm³/mol. The number of rotatable bonds is 8. The lowest BCUT2D eigenvalue weighted by atomic mass is 9.99. The van der Waals surface area contributed by atoms with E-state index in [1.165, 1.54) is 7.11 Å². The molecule has 0 aliphatic carbocycles. The van der Waals surface area contributed by atoms with Crippen LogP contribution in [-0.2, 0) is 20.3 Å². The van der Waals surface area contributed by atoms with E-state index in [4.69, 9.17) is 4.74 Å². The monoisotopic (exact) mass is 283 g/mol. The number of carbonyl (C=O) groups excluding carboxylic acids is 1. The lowest BCUT2D eigenvalue weighted by molar-refractivity contribution is -0.142. The van der Waals surface area contributed by atoms with Gasteiger partial charge in [-0.1, -0.05) is 37.3 Å². The third-order valence-electron chi connectivity index (χ3n) is 2.86. The number of esters is 1. The van der Waals surface area contributed by atoms with E-state index >= 15 is 0 Å². The number of ether oxygens (including phenoxy) is 1. The third-order valence-corrected chi connectivity index (χ3v) is 4.17. The van der Waals surface area contributed by atoms with E-state index in [1.54, 1.807) is 0 Å². The largest absolute Gasteiger partial charge is 0.469 e. The van der Waals surface area contributed by atoms with Gasteiger partial charge < -0.3 is 10.1 Å². The molecular formula is C14H21NO3S. The van der Waals surface area contributed by atoms with Crippen molar-refractivity contribution in [3.8, 4) is 0 Å². The minimum absolute atomic E-state index is 0.254. The van der Waals surface area contributed by atoms with Crippen molar-refractivity contribution in [2.45, 2.75) is 12.8 Å². The molecule has 0 radical (unpaired) electrons. The van der Waals surface area contributed by atoms with Crippen molar-refractivity contribution in [3.05, 3.63) is 35.9 Å². The van der Waals surface area contributed by atoms with Crippen molar-refractivity contribution in [1.82, 2.24) is 5.32 Å². The van der Waals surface area contributed by atoms with E-state index in [1.807, 2.05) is 37.3 Å². The Bertz CT molecular complexity index is 408. The molecule has 1 N–H and O–H groups in total. The van der Waals surface area contributed by atoms with Gasteiger partial charge in [-0.3, -0.25) is 9.00 Å². The zero-order valence-corrected chi connectivity index (χ0v) is 12.2. The Hall–Kier alpha value is -1.20. The Morgan fingerprint density at radius 1 is 1.37 bits per heavy atom. The molecule has 0 aliphatic heterocycles. The number of benzene rings is 1. The second-order valence-electron chi connectivity index (χ2n) is 4.12. The fraction of sp³-hybridized carbons (Fsp3) is 0.500. The molecule has 2 atom stereocenters. The van der Waals surface area contributed by atoms with Gasteiger partial charge in [0.1, 0.15) is 0 Å². The highest BCUT2D eigenvalue weighted by atomic mass is 32.2. The first kappa shape index (κ1) is 15.9. The lowest BCUT2D eigenvalue weighted by Crippen LogP contribution is -2.30. The van der Waals surface area contributed by atoms with Crippen LogP contribution >= 0.6 is 0 Å². The average molecular weight is 283 g/mol. The topological polar surface area (TPSA) is 55.4 Å². The highest BCUT2D eigenvalue weighted by Gasteiger charge is 2.20. The molecule has 0 amide bonds. The number of methoxy groups -OCH3 is 1. The van der Waals surface area contributed by atoms with Crippen LogP contribution < -0.4 is 5.32 Å². The third kappa shape index (κ3) is 5.53. The second-order valence-corrected chi connectivity index (χ2v) is 5.99. The van der Waals surface area contributed by atoms with Gasteiger partial charge in [0.2, 0.25) is 0 Å². The van der Waals surface area contributed by atoms with Gasteiger partial charge in [0, 0.05) is 35.4 Å². The van der Waals surface area contributed by atoms with Crippen molar-refractivity contribution in [1.29, 1.82) is 0 Å². The van der Waals surface area contributed by atoms with E-state index in [0.29, 0.717) is 24.6 Å². The quantitative estimate of drug-likeness (QED) is 0.577. The van der Waals surface area contributed by atoms with Crippen LogP contribution in [0.3, 0.4) is 0 Å². The van der Waals surface area contributed by atoms with Gasteiger partial charge in [-0.2, -0.15) is 0 Å². The molecule has 0 bridgehead atoms. The van der Waals surface area contributed by atoms with Crippen LogP contribution in [0.5, 0.6) is 0 Å². The first-order chi connectivity index (χ1) is 9.19. The molecule has 0 aliphatic rings. The van der Waals surface area contributed by atoms with Crippen molar-refractivity contribution in [2.75, 3.05) is 31.7 Å². The van der Waals surface area contributed by atoms with Crippen molar-refractivity contribution < 1.29 is 13.7 Å². The van der Waals surface area contributed by atoms with Gasteiger partial charge in [0.25, 0.3) is 0 Å². The van der Waals surface area contributed by atoms with Gasteiger partial charge in [-0.05, 0) is 5.56 Å². The number of hydrogen-bond acceptors (Lipinski definition) is 4. The summed E-state index contributed by atoms with van der Waals surface area (Å²) in [6.45, 7) is 3.04. The SMILES string of the molecule is CCS(=O)CCNCC(C(=O)OC)c1ccccc1. The summed E-state index contributed by atoms with van der Waals surface area (Å²) in [6.07, 6.45) is 0. The van der Waals surface area contributed by atoms with Gasteiger partial charge in [0.15, 0.2) is 0 Å². The molecule has 19 heavy (non-hydrogen) atoms. The zero-order chi connectivity index (χ0) is 14.1. The summed E-state index contributed by atoms with van der Waals surface area (Å²) in [6, 6.07) is 9.53. The van der Waals surface area contributed by atoms with Gasteiger partial charge >= 0.3 is 5.97 Å². The lowest BCUT2D eigenvalue weighted by Gasteiger charge is -2.15. The molecule has 4 nitrogen and oxygen atoms in total. The number of nitrogens with one attached hydrogen (secondary N) is 1. The normalized spacial score (nSPS) is 13.8. The molecular weight excluding hydrogens is 262 g/mol. The molecule has 0 saturated heterocycles. The van der Waals surface area contributed by atoms with Gasteiger partial charge in [-0.25, -0.2) is 0 Å². The maximum Gasteiger partial charge on any atom is 0.314 e. The highest BCUT2D eigenvalue weighted by molar-refractivity contribution is 7.84. The van der Waals surface area contributed by atoms with Gasteiger partial charge in [0.05, 0.1) is 13.0 Å². The summed E-state index contributed by atoms with van der Waals surface area (Å²) in [5.74, 6) is 0.705. The van der Waals surface area contributed by atoms with Crippen LogP contribution in [0.25, 0.3) is 0 Å². The standard InChI is InChI=1S/C14H21NO3S/c1-3-19(17)10-9-15-11-13(14(16)18-2)12-7-5-4-6-8-12/h4-8,13,15H,3,9-11H2,1-2H3. The first-order valence-corrected chi connectivity index (χ1v) is 7.86. The predicted octanol–water partition coefficient (Wildman–Crippen LogP) is 1.30. The van der Waals surface area contributed by atoms with E-state index in [-0.39, 0.29) is 11.9 Å². The maximum atomic E-state index is 11.8.